The van der Waals surface area contributed by atoms with Crippen molar-refractivity contribution in [1.82, 2.24) is 0 Å². The quantitative estimate of drug-likeness (QED) is 0.882. The molecule has 136 valence electrons. The Morgan fingerprint density at radius 3 is 2.65 bits per heavy atom. The van der Waals surface area contributed by atoms with E-state index in [1.807, 2.05) is 43.3 Å². The summed E-state index contributed by atoms with van der Waals surface area (Å²) in [4.78, 5) is 27.0. The van der Waals surface area contributed by atoms with E-state index in [0.29, 0.717) is 6.54 Å². The lowest BCUT2D eigenvalue weighted by molar-refractivity contribution is -0.122. The molecule has 26 heavy (non-hydrogen) atoms. The van der Waals surface area contributed by atoms with Crippen molar-refractivity contribution in [2.45, 2.75) is 40.0 Å². The Kier molecular flexibility index (Phi) is 5.40. The van der Waals surface area contributed by atoms with E-state index >= 15 is 0 Å². The maximum Gasteiger partial charge on any atom is 0.229 e. The third-order valence-corrected chi connectivity index (χ3v) is 5.11. The van der Waals surface area contributed by atoms with Crippen molar-refractivity contribution in [3.05, 3.63) is 59.2 Å². The molecule has 1 saturated heterocycles. The predicted octanol–water partition coefficient (Wildman–Crippen LogP) is 4.11. The molecule has 4 nitrogen and oxygen atoms in total. The molecule has 0 aliphatic carbocycles. The number of carbonyl (C=O) groups is 2. The summed E-state index contributed by atoms with van der Waals surface area (Å²) in [7, 11) is 0. The van der Waals surface area contributed by atoms with E-state index in [-0.39, 0.29) is 24.2 Å². The Balaban J connectivity index is 1.75. The highest BCUT2D eigenvalue weighted by atomic mass is 16.2. The molecular weight excluding hydrogens is 324 g/mol. The van der Waals surface area contributed by atoms with Gasteiger partial charge in [-0.2, -0.15) is 0 Å². The lowest BCUT2D eigenvalue weighted by atomic mass is 10.0. The van der Waals surface area contributed by atoms with Gasteiger partial charge in [0.05, 0.1) is 5.92 Å². The number of benzene rings is 2. The summed E-state index contributed by atoms with van der Waals surface area (Å²) in [5, 5.41) is 3.07. The number of hydrogen-bond donors (Lipinski definition) is 1. The highest BCUT2D eigenvalue weighted by molar-refractivity contribution is 6.04. The molecule has 4 heteroatoms. The topological polar surface area (TPSA) is 49.4 Å². The van der Waals surface area contributed by atoms with Crippen LogP contribution in [-0.2, 0) is 22.4 Å². The van der Waals surface area contributed by atoms with Crippen LogP contribution in [0, 0.1) is 12.8 Å². The Hall–Kier alpha value is -2.62. The van der Waals surface area contributed by atoms with Crippen LogP contribution in [0.3, 0.4) is 0 Å². The Bertz CT molecular complexity index is 829. The van der Waals surface area contributed by atoms with Crippen LogP contribution in [0.25, 0.3) is 0 Å². The molecule has 2 aromatic rings. The van der Waals surface area contributed by atoms with Gasteiger partial charge in [0.25, 0.3) is 0 Å². The summed E-state index contributed by atoms with van der Waals surface area (Å²) in [6.07, 6.45) is 2.04. The lowest BCUT2D eigenvalue weighted by Crippen LogP contribution is -2.28. The van der Waals surface area contributed by atoms with Crippen molar-refractivity contribution in [1.29, 1.82) is 0 Å². The number of hydrogen-bond acceptors (Lipinski definition) is 2. The van der Waals surface area contributed by atoms with Crippen LogP contribution in [0.2, 0.25) is 0 Å². The van der Waals surface area contributed by atoms with Gasteiger partial charge in [0, 0.05) is 24.3 Å². The Labute approximate surface area is 155 Å². The van der Waals surface area contributed by atoms with E-state index in [4.69, 9.17) is 0 Å². The zero-order valence-electron chi connectivity index (χ0n) is 15.7. The van der Waals surface area contributed by atoms with Crippen LogP contribution in [0.1, 0.15) is 37.0 Å². The molecule has 1 N–H and O–H groups in total. The highest BCUT2D eigenvalue weighted by Gasteiger charge is 2.35. The number of rotatable bonds is 5. The van der Waals surface area contributed by atoms with E-state index < -0.39 is 0 Å². The third-order valence-electron chi connectivity index (χ3n) is 5.11. The molecule has 0 aromatic heterocycles. The van der Waals surface area contributed by atoms with E-state index in [9.17, 15) is 9.59 Å². The lowest BCUT2D eigenvalue weighted by Gasteiger charge is -2.18. The number of aryl methyl sites for hydroxylation is 3. The molecular formula is C22H26N2O2. The molecule has 1 heterocycles. The van der Waals surface area contributed by atoms with Crippen molar-refractivity contribution in [3.63, 3.8) is 0 Å². The van der Waals surface area contributed by atoms with Crippen LogP contribution >= 0.6 is 0 Å². The van der Waals surface area contributed by atoms with E-state index in [1.54, 1.807) is 4.90 Å². The minimum atomic E-state index is -0.322. The van der Waals surface area contributed by atoms with E-state index in [0.717, 1.165) is 35.3 Å². The molecule has 2 amide bonds. The number of para-hydroxylation sites is 1. The molecule has 0 spiro atoms. The van der Waals surface area contributed by atoms with Crippen LogP contribution in [0.5, 0.6) is 0 Å². The third kappa shape index (κ3) is 3.64. The molecule has 3 rings (SSSR count). The van der Waals surface area contributed by atoms with Crippen molar-refractivity contribution < 1.29 is 9.59 Å². The normalized spacial score (nSPS) is 16.8. The van der Waals surface area contributed by atoms with Crippen molar-refractivity contribution in [2.24, 2.45) is 5.92 Å². The number of carbonyl (C=O) groups excluding carboxylic acids is 2. The van der Waals surface area contributed by atoms with Crippen LogP contribution < -0.4 is 10.2 Å². The predicted molar refractivity (Wildman–Crippen MR) is 105 cm³/mol. The zero-order valence-corrected chi connectivity index (χ0v) is 15.7. The first kappa shape index (κ1) is 18.2. The zero-order chi connectivity index (χ0) is 18.7. The maximum absolute atomic E-state index is 12.8. The van der Waals surface area contributed by atoms with E-state index in [1.165, 1.54) is 5.56 Å². The highest BCUT2D eigenvalue weighted by Crippen LogP contribution is 2.28. The van der Waals surface area contributed by atoms with Gasteiger partial charge in [0.15, 0.2) is 0 Å². The number of anilines is 2. The standard InChI is InChI=1S/C22H26N2O2/c1-4-16-9-7-11-19(12-16)24-14-18(13-20(24)25)22(26)23-21-15(3)8-6-10-17(21)5-2/h6-12,18H,4-5,13-14H2,1-3H3,(H,23,26)/t18-/m1/s1. The molecule has 1 atom stereocenters. The molecule has 0 radical (unpaired) electrons. The van der Waals surface area contributed by atoms with E-state index in [2.05, 4.69) is 25.2 Å². The average molecular weight is 350 g/mol. The second kappa shape index (κ2) is 7.73. The first-order valence-electron chi connectivity index (χ1n) is 9.32. The Morgan fingerprint density at radius 2 is 1.92 bits per heavy atom. The van der Waals surface area contributed by atoms with Gasteiger partial charge < -0.3 is 10.2 Å². The van der Waals surface area contributed by atoms with Crippen LogP contribution in [0.4, 0.5) is 11.4 Å². The molecule has 2 aromatic carbocycles. The fraction of sp³-hybridized carbons (Fsp3) is 0.364. The van der Waals surface area contributed by atoms with Gasteiger partial charge in [0.2, 0.25) is 11.8 Å². The smallest absolute Gasteiger partial charge is 0.229 e. The summed E-state index contributed by atoms with van der Waals surface area (Å²) in [6.45, 7) is 6.60. The van der Waals surface area contributed by atoms with Gasteiger partial charge in [-0.3, -0.25) is 9.59 Å². The minimum Gasteiger partial charge on any atom is -0.325 e. The molecule has 1 fully saturated rings. The van der Waals surface area contributed by atoms with Crippen LogP contribution in [-0.4, -0.2) is 18.4 Å². The number of amides is 2. The Morgan fingerprint density at radius 1 is 1.15 bits per heavy atom. The SMILES string of the molecule is CCc1cccc(N2C[C@H](C(=O)Nc3c(C)cccc3CC)CC2=O)c1. The van der Waals surface area contributed by atoms with Crippen LogP contribution in [0.15, 0.2) is 42.5 Å². The second-order valence-corrected chi connectivity index (χ2v) is 6.88. The second-order valence-electron chi connectivity index (χ2n) is 6.88. The fourth-order valence-corrected chi connectivity index (χ4v) is 3.50. The molecule has 0 bridgehead atoms. The maximum atomic E-state index is 12.8. The average Bonchev–Trinajstić information content (AvgIpc) is 3.05. The fourth-order valence-electron chi connectivity index (χ4n) is 3.50. The monoisotopic (exact) mass is 350 g/mol. The van der Waals surface area contributed by atoms with Gasteiger partial charge >= 0.3 is 0 Å². The summed E-state index contributed by atoms with van der Waals surface area (Å²) in [5.41, 5.74) is 5.13. The minimum absolute atomic E-state index is 0.0129. The summed E-state index contributed by atoms with van der Waals surface area (Å²) in [6, 6.07) is 14.0. The van der Waals surface area contributed by atoms with Crippen molar-refractivity contribution >= 4 is 23.2 Å². The first-order chi connectivity index (χ1) is 12.5. The largest absolute Gasteiger partial charge is 0.325 e. The first-order valence-corrected chi connectivity index (χ1v) is 9.32. The number of nitrogens with one attached hydrogen (secondary N) is 1. The molecule has 0 unspecified atom stereocenters. The number of nitrogens with zero attached hydrogens (tertiary/aromatic N) is 1. The van der Waals surface area contributed by atoms with Gasteiger partial charge in [-0.1, -0.05) is 44.2 Å². The van der Waals surface area contributed by atoms with Crippen molar-refractivity contribution in [2.75, 3.05) is 16.8 Å². The van der Waals surface area contributed by atoms with Gasteiger partial charge in [-0.15, -0.1) is 0 Å². The van der Waals surface area contributed by atoms with Gasteiger partial charge in [0.1, 0.15) is 0 Å². The summed E-state index contributed by atoms with van der Waals surface area (Å²) in [5.74, 6) is -0.382. The summed E-state index contributed by atoms with van der Waals surface area (Å²) < 4.78 is 0. The molecule has 0 saturated carbocycles. The summed E-state index contributed by atoms with van der Waals surface area (Å²) >= 11 is 0. The van der Waals surface area contributed by atoms with Gasteiger partial charge in [-0.25, -0.2) is 0 Å². The van der Waals surface area contributed by atoms with Gasteiger partial charge in [-0.05, 0) is 48.6 Å². The molecule has 1 aliphatic heterocycles. The van der Waals surface area contributed by atoms with Crippen molar-refractivity contribution in [3.8, 4) is 0 Å². The molecule has 1 aliphatic rings.